The normalized spacial score (nSPS) is 10.5. The van der Waals surface area contributed by atoms with Crippen LogP contribution in [0.5, 0.6) is 11.5 Å². The number of hydrogen-bond acceptors (Lipinski definition) is 4. The van der Waals surface area contributed by atoms with Crippen LogP contribution in [-0.2, 0) is 11.2 Å². The molecule has 0 spiro atoms. The molecule has 0 bridgehead atoms. The summed E-state index contributed by atoms with van der Waals surface area (Å²) in [5, 5.41) is 6.57. The summed E-state index contributed by atoms with van der Waals surface area (Å²) in [5.74, 6) is 1.28. The quantitative estimate of drug-likeness (QED) is 0.689. The number of methoxy groups -OCH3 is 2. The van der Waals surface area contributed by atoms with Crippen molar-refractivity contribution in [3.8, 4) is 11.5 Å². The number of anilines is 1. The molecule has 0 radical (unpaired) electrons. The van der Waals surface area contributed by atoms with Crippen LogP contribution in [-0.4, -0.2) is 33.2 Å². The summed E-state index contributed by atoms with van der Waals surface area (Å²) in [4.78, 5) is 12.1. The van der Waals surface area contributed by atoms with Crippen LogP contribution in [0, 0.1) is 13.8 Å². The van der Waals surface area contributed by atoms with Crippen molar-refractivity contribution in [2.75, 3.05) is 32.6 Å². The van der Waals surface area contributed by atoms with Crippen LogP contribution in [0.4, 0.5) is 5.69 Å². The number of benzene rings is 2. The topological polar surface area (TPSA) is 59.6 Å². The Morgan fingerprint density at radius 2 is 1.81 bits per heavy atom. The molecule has 0 saturated carbocycles. The van der Waals surface area contributed by atoms with Gasteiger partial charge in [0.25, 0.3) is 0 Å². The molecule has 0 atom stereocenters. The van der Waals surface area contributed by atoms with Crippen molar-refractivity contribution in [1.82, 2.24) is 5.32 Å². The summed E-state index contributed by atoms with van der Waals surface area (Å²) >= 11 is 6.22. The Kier molecular flexibility index (Phi) is 7.30. The minimum Gasteiger partial charge on any atom is -0.493 e. The van der Waals surface area contributed by atoms with Crippen molar-refractivity contribution in [3.63, 3.8) is 0 Å². The number of rotatable bonds is 8. The number of nitrogens with one attached hydrogen (secondary N) is 2. The molecule has 0 aliphatic heterocycles. The lowest BCUT2D eigenvalue weighted by Gasteiger charge is -2.12. The lowest BCUT2D eigenvalue weighted by Crippen LogP contribution is -2.29. The van der Waals surface area contributed by atoms with Crippen LogP contribution in [0.2, 0.25) is 5.02 Å². The molecule has 0 fully saturated rings. The summed E-state index contributed by atoms with van der Waals surface area (Å²) in [6.45, 7) is 4.79. The Balaban J connectivity index is 1.82. The zero-order chi connectivity index (χ0) is 19.1. The SMILES string of the molecule is COc1ccc(CCNCC(=O)Nc2c(C)cc(C)cc2Cl)cc1OC. The van der Waals surface area contributed by atoms with Crippen molar-refractivity contribution in [2.24, 2.45) is 0 Å². The Hall–Kier alpha value is -2.24. The minimum atomic E-state index is -0.119. The van der Waals surface area contributed by atoms with Crippen molar-refractivity contribution in [3.05, 3.63) is 52.0 Å². The van der Waals surface area contributed by atoms with E-state index in [4.69, 9.17) is 21.1 Å². The molecule has 2 N–H and O–H groups in total. The van der Waals surface area contributed by atoms with Crippen molar-refractivity contribution in [1.29, 1.82) is 0 Å². The first-order valence-electron chi connectivity index (χ1n) is 8.42. The molecule has 2 aromatic carbocycles. The molecule has 26 heavy (non-hydrogen) atoms. The van der Waals surface area contributed by atoms with Gasteiger partial charge in [0.2, 0.25) is 5.91 Å². The Labute approximate surface area is 159 Å². The molecule has 0 saturated heterocycles. The summed E-state index contributed by atoms with van der Waals surface area (Å²) < 4.78 is 10.5. The highest BCUT2D eigenvalue weighted by Crippen LogP contribution is 2.28. The second-order valence-corrected chi connectivity index (χ2v) is 6.51. The van der Waals surface area contributed by atoms with E-state index in [9.17, 15) is 4.79 Å². The Morgan fingerprint density at radius 3 is 2.46 bits per heavy atom. The van der Waals surface area contributed by atoms with Crippen LogP contribution in [0.1, 0.15) is 16.7 Å². The number of halogens is 1. The maximum Gasteiger partial charge on any atom is 0.238 e. The Bertz CT molecular complexity index is 755. The molecule has 5 nitrogen and oxygen atoms in total. The van der Waals surface area contributed by atoms with E-state index >= 15 is 0 Å². The van der Waals surface area contributed by atoms with Crippen LogP contribution < -0.4 is 20.1 Å². The maximum absolute atomic E-state index is 12.1. The van der Waals surface area contributed by atoms with Gasteiger partial charge in [0.1, 0.15) is 0 Å². The van der Waals surface area contributed by atoms with E-state index in [-0.39, 0.29) is 12.5 Å². The third-order valence-corrected chi connectivity index (χ3v) is 4.32. The van der Waals surface area contributed by atoms with E-state index < -0.39 is 0 Å². The number of carbonyl (C=O) groups is 1. The molecule has 0 aromatic heterocycles. The zero-order valence-electron chi connectivity index (χ0n) is 15.6. The second kappa shape index (κ2) is 9.46. The van der Waals surface area contributed by atoms with Gasteiger partial charge in [0, 0.05) is 0 Å². The van der Waals surface area contributed by atoms with Gasteiger partial charge in [-0.15, -0.1) is 0 Å². The third kappa shape index (κ3) is 5.38. The van der Waals surface area contributed by atoms with E-state index in [0.717, 1.165) is 23.1 Å². The van der Waals surface area contributed by atoms with Gasteiger partial charge in [0.05, 0.1) is 31.5 Å². The summed E-state index contributed by atoms with van der Waals surface area (Å²) in [6.07, 6.45) is 0.776. The Morgan fingerprint density at radius 1 is 1.08 bits per heavy atom. The first kappa shape index (κ1) is 20.1. The summed E-state index contributed by atoms with van der Waals surface area (Å²) in [5.41, 5.74) is 3.80. The number of hydrogen-bond donors (Lipinski definition) is 2. The largest absolute Gasteiger partial charge is 0.493 e. The first-order valence-corrected chi connectivity index (χ1v) is 8.80. The standard InChI is InChI=1S/C20H25ClN2O3/c1-13-9-14(2)20(16(21)10-13)23-19(24)12-22-8-7-15-5-6-17(25-3)18(11-15)26-4/h5-6,9-11,22H,7-8,12H2,1-4H3,(H,23,24). The predicted molar refractivity (Wildman–Crippen MR) is 106 cm³/mol. The number of aryl methyl sites for hydroxylation is 2. The molecule has 2 aromatic rings. The van der Waals surface area contributed by atoms with Crippen molar-refractivity contribution >= 4 is 23.2 Å². The van der Waals surface area contributed by atoms with E-state index in [1.165, 1.54) is 0 Å². The highest BCUT2D eigenvalue weighted by Gasteiger charge is 2.09. The molecule has 0 aliphatic rings. The molecule has 2 rings (SSSR count). The molecule has 140 valence electrons. The van der Waals surface area contributed by atoms with Crippen LogP contribution in [0.15, 0.2) is 30.3 Å². The summed E-state index contributed by atoms with van der Waals surface area (Å²) in [6, 6.07) is 9.64. The van der Waals surface area contributed by atoms with Gasteiger partial charge in [-0.2, -0.15) is 0 Å². The first-order chi connectivity index (χ1) is 12.4. The molecule has 0 aliphatic carbocycles. The molecule has 1 amide bonds. The lowest BCUT2D eigenvalue weighted by molar-refractivity contribution is -0.115. The fraction of sp³-hybridized carbons (Fsp3) is 0.350. The van der Waals surface area contributed by atoms with E-state index in [1.807, 2.05) is 44.2 Å². The van der Waals surface area contributed by atoms with E-state index in [1.54, 1.807) is 14.2 Å². The monoisotopic (exact) mass is 376 g/mol. The third-order valence-electron chi connectivity index (χ3n) is 4.02. The smallest absolute Gasteiger partial charge is 0.238 e. The second-order valence-electron chi connectivity index (χ2n) is 6.10. The molecule has 6 heteroatoms. The molecular weight excluding hydrogens is 352 g/mol. The van der Waals surface area contributed by atoms with Gasteiger partial charge in [-0.05, 0) is 61.7 Å². The highest BCUT2D eigenvalue weighted by atomic mass is 35.5. The molecule has 0 unspecified atom stereocenters. The van der Waals surface area contributed by atoms with Gasteiger partial charge < -0.3 is 20.1 Å². The van der Waals surface area contributed by atoms with Crippen LogP contribution in [0.25, 0.3) is 0 Å². The van der Waals surface area contributed by atoms with Gasteiger partial charge in [0.15, 0.2) is 11.5 Å². The average Bonchev–Trinajstić information content (AvgIpc) is 2.61. The maximum atomic E-state index is 12.1. The van der Waals surface area contributed by atoms with Crippen LogP contribution >= 0.6 is 11.6 Å². The lowest BCUT2D eigenvalue weighted by atomic mass is 10.1. The van der Waals surface area contributed by atoms with Gasteiger partial charge in [-0.3, -0.25) is 4.79 Å². The molecular formula is C20H25ClN2O3. The fourth-order valence-corrected chi connectivity index (χ4v) is 3.10. The van der Waals surface area contributed by atoms with Gasteiger partial charge in [-0.25, -0.2) is 0 Å². The average molecular weight is 377 g/mol. The fourth-order valence-electron chi connectivity index (χ4n) is 2.73. The highest BCUT2D eigenvalue weighted by molar-refractivity contribution is 6.34. The molecule has 0 heterocycles. The minimum absolute atomic E-state index is 0.119. The zero-order valence-corrected chi connectivity index (χ0v) is 16.4. The number of carbonyl (C=O) groups excluding carboxylic acids is 1. The van der Waals surface area contributed by atoms with E-state index in [0.29, 0.717) is 28.8 Å². The van der Waals surface area contributed by atoms with Crippen molar-refractivity contribution in [2.45, 2.75) is 20.3 Å². The number of amides is 1. The van der Waals surface area contributed by atoms with Gasteiger partial charge >= 0.3 is 0 Å². The predicted octanol–water partition coefficient (Wildman–Crippen LogP) is 3.74. The van der Waals surface area contributed by atoms with Crippen LogP contribution in [0.3, 0.4) is 0 Å². The van der Waals surface area contributed by atoms with E-state index in [2.05, 4.69) is 10.6 Å². The summed E-state index contributed by atoms with van der Waals surface area (Å²) in [7, 11) is 3.22. The number of ether oxygens (including phenoxy) is 2. The van der Waals surface area contributed by atoms with Crippen molar-refractivity contribution < 1.29 is 14.3 Å². The van der Waals surface area contributed by atoms with Gasteiger partial charge in [-0.1, -0.05) is 23.7 Å².